The zero-order chi connectivity index (χ0) is 34.2. The lowest BCUT2D eigenvalue weighted by Crippen LogP contribution is -2.00. The summed E-state index contributed by atoms with van der Waals surface area (Å²) in [6, 6.07) is 54.5. The molecule has 0 bridgehead atoms. The molecular weight excluding hydrogens is 639 g/mol. The summed E-state index contributed by atoms with van der Waals surface area (Å²) in [6.45, 7) is 0. The topological polar surface area (TPSA) is 69.6 Å². The lowest BCUT2D eigenvalue weighted by molar-refractivity contribution is 0.668. The lowest BCUT2D eigenvalue weighted by atomic mass is 10.1. The minimum Gasteiger partial charge on any atom is -0.456 e. The van der Waals surface area contributed by atoms with E-state index >= 15 is 0 Å². The van der Waals surface area contributed by atoms with Gasteiger partial charge in [-0.25, -0.2) is 19.9 Å². The van der Waals surface area contributed by atoms with Crippen molar-refractivity contribution in [2.75, 3.05) is 0 Å². The highest BCUT2D eigenvalue weighted by Gasteiger charge is 2.17. The van der Waals surface area contributed by atoms with E-state index in [4.69, 9.17) is 24.4 Å². The van der Waals surface area contributed by atoms with Crippen LogP contribution in [0.3, 0.4) is 0 Å². The highest BCUT2D eigenvalue weighted by Crippen LogP contribution is 2.36. The number of nitrogens with zero attached hydrogens (tertiary/aromatic N) is 5. The van der Waals surface area contributed by atoms with E-state index in [1.54, 1.807) is 0 Å². The van der Waals surface area contributed by atoms with Crippen molar-refractivity contribution in [3.05, 3.63) is 164 Å². The highest BCUT2D eigenvalue weighted by molar-refractivity contribution is 6.09. The first-order valence-electron chi connectivity index (χ1n) is 17.3. The van der Waals surface area contributed by atoms with Gasteiger partial charge in [0.2, 0.25) is 0 Å². The molecule has 0 unspecified atom stereocenters. The van der Waals surface area contributed by atoms with Gasteiger partial charge in [0.1, 0.15) is 16.8 Å². The fraction of sp³-hybridized carbons (Fsp3) is 0. The van der Waals surface area contributed by atoms with Crippen LogP contribution in [0.2, 0.25) is 0 Å². The number of furan rings is 1. The second-order valence-corrected chi connectivity index (χ2v) is 13.2. The molecule has 0 aliphatic rings. The Morgan fingerprint density at radius 1 is 0.404 bits per heavy atom. The van der Waals surface area contributed by atoms with Crippen molar-refractivity contribution in [1.82, 2.24) is 24.5 Å². The normalized spacial score (nSPS) is 11.8. The molecule has 0 amide bonds. The molecule has 0 N–H and O–H groups in total. The summed E-state index contributed by atoms with van der Waals surface area (Å²) in [7, 11) is 0. The van der Waals surface area contributed by atoms with E-state index < -0.39 is 0 Å². The van der Waals surface area contributed by atoms with Gasteiger partial charge < -0.3 is 4.42 Å². The number of rotatable bonds is 4. The number of aromatic nitrogens is 5. The molecule has 0 atom stereocenters. The van der Waals surface area contributed by atoms with Crippen molar-refractivity contribution in [2.45, 2.75) is 0 Å². The zero-order valence-corrected chi connectivity index (χ0v) is 27.7. The van der Waals surface area contributed by atoms with Crippen LogP contribution in [0.15, 0.2) is 168 Å². The first-order valence-corrected chi connectivity index (χ1v) is 17.3. The maximum Gasteiger partial charge on any atom is 0.164 e. The van der Waals surface area contributed by atoms with Crippen molar-refractivity contribution in [3.8, 4) is 39.9 Å². The van der Waals surface area contributed by atoms with E-state index in [9.17, 15) is 0 Å². The molecule has 0 saturated carbocycles. The molecule has 4 heterocycles. The van der Waals surface area contributed by atoms with Crippen LogP contribution in [-0.2, 0) is 0 Å². The summed E-state index contributed by atoms with van der Waals surface area (Å²) in [4.78, 5) is 19.9. The molecule has 6 heteroatoms. The summed E-state index contributed by atoms with van der Waals surface area (Å²) in [5.41, 5.74) is 7.30. The molecule has 242 valence electrons. The van der Waals surface area contributed by atoms with E-state index in [1.165, 1.54) is 16.2 Å². The summed E-state index contributed by atoms with van der Waals surface area (Å²) in [5.74, 6) is 1.82. The van der Waals surface area contributed by atoms with Gasteiger partial charge in [0.15, 0.2) is 17.5 Å². The predicted molar refractivity (Wildman–Crippen MR) is 211 cm³/mol. The summed E-state index contributed by atoms with van der Waals surface area (Å²) in [6.07, 6.45) is 1.84. The first-order chi connectivity index (χ1) is 25.7. The lowest BCUT2D eigenvalue weighted by Gasteiger charge is -2.10. The van der Waals surface area contributed by atoms with Crippen molar-refractivity contribution < 1.29 is 4.42 Å². The minimum atomic E-state index is 0.584. The third-order valence-electron chi connectivity index (χ3n) is 10.1. The van der Waals surface area contributed by atoms with Crippen LogP contribution < -0.4 is 0 Å². The molecule has 4 aromatic heterocycles. The quantitative estimate of drug-likeness (QED) is 0.187. The number of benzene rings is 7. The van der Waals surface area contributed by atoms with Crippen molar-refractivity contribution in [2.24, 2.45) is 0 Å². The van der Waals surface area contributed by atoms with Gasteiger partial charge in [-0.05, 0) is 76.1 Å². The average molecular weight is 666 g/mol. The number of hydrogen-bond donors (Lipinski definition) is 0. The van der Waals surface area contributed by atoms with Crippen LogP contribution in [0.4, 0.5) is 0 Å². The standard InChI is InChI=1S/C46H27N5O/c1-3-10-30-24-32(17-15-28(30)8-1)43-48-44(33-18-16-29-9-2-4-11-31(29)25-33)50-45(49-43)34-19-21-37-38-22-20-35(27-42(38)52-41(37)26-34)51-40-14-6-5-12-36(40)39-13-7-23-47-46(39)51/h1-27H. The smallest absolute Gasteiger partial charge is 0.164 e. The molecular formula is C46H27N5O. The largest absolute Gasteiger partial charge is 0.456 e. The fourth-order valence-electron chi connectivity index (χ4n) is 7.52. The number of para-hydroxylation sites is 1. The van der Waals surface area contributed by atoms with Gasteiger partial charge in [-0.3, -0.25) is 4.57 Å². The van der Waals surface area contributed by atoms with Gasteiger partial charge >= 0.3 is 0 Å². The molecule has 11 aromatic rings. The minimum absolute atomic E-state index is 0.584. The maximum absolute atomic E-state index is 6.60. The summed E-state index contributed by atoms with van der Waals surface area (Å²) < 4.78 is 8.80. The molecule has 0 saturated heterocycles. The fourth-order valence-corrected chi connectivity index (χ4v) is 7.52. The second-order valence-electron chi connectivity index (χ2n) is 13.2. The molecule has 0 radical (unpaired) electrons. The van der Waals surface area contributed by atoms with E-state index in [0.29, 0.717) is 17.5 Å². The Bertz CT molecular complexity index is 3060. The molecule has 11 rings (SSSR count). The number of hydrogen-bond acceptors (Lipinski definition) is 5. The first kappa shape index (κ1) is 28.6. The summed E-state index contributed by atoms with van der Waals surface area (Å²) >= 11 is 0. The maximum atomic E-state index is 6.60. The van der Waals surface area contributed by atoms with Crippen LogP contribution in [0.5, 0.6) is 0 Å². The van der Waals surface area contributed by atoms with Crippen LogP contribution in [0.1, 0.15) is 0 Å². The Morgan fingerprint density at radius 2 is 0.942 bits per heavy atom. The third-order valence-corrected chi connectivity index (χ3v) is 10.1. The Kier molecular flexibility index (Phi) is 6.15. The van der Waals surface area contributed by atoms with Gasteiger partial charge in [0.05, 0.1) is 11.2 Å². The van der Waals surface area contributed by atoms with Gasteiger partial charge in [0.25, 0.3) is 0 Å². The third kappa shape index (κ3) is 4.51. The zero-order valence-electron chi connectivity index (χ0n) is 27.7. The van der Waals surface area contributed by atoms with Gasteiger partial charge in [-0.2, -0.15) is 0 Å². The molecule has 0 fully saturated rings. The average Bonchev–Trinajstić information content (AvgIpc) is 3.75. The Morgan fingerprint density at radius 3 is 1.63 bits per heavy atom. The SMILES string of the molecule is c1ccc2cc(-c3nc(-c4ccc5ccccc5c4)nc(-c4ccc5c(c4)oc4cc(-n6c7ccccc7c7cccnc76)ccc45)n3)ccc2c1. The number of fused-ring (bicyclic) bond motifs is 8. The molecule has 6 nitrogen and oxygen atoms in total. The number of pyridine rings is 1. The molecule has 0 aliphatic carbocycles. The molecule has 0 aliphatic heterocycles. The predicted octanol–water partition coefficient (Wildman–Crippen LogP) is 11.6. The van der Waals surface area contributed by atoms with Crippen LogP contribution in [0, 0.1) is 0 Å². The molecule has 52 heavy (non-hydrogen) atoms. The highest BCUT2D eigenvalue weighted by atomic mass is 16.3. The molecule has 0 spiro atoms. The van der Waals surface area contributed by atoms with Crippen LogP contribution in [-0.4, -0.2) is 24.5 Å². The van der Waals surface area contributed by atoms with Crippen molar-refractivity contribution in [1.29, 1.82) is 0 Å². The van der Waals surface area contributed by atoms with Crippen LogP contribution >= 0.6 is 0 Å². The Labute approximate surface area is 297 Å². The van der Waals surface area contributed by atoms with Gasteiger partial charge in [0, 0.05) is 50.5 Å². The Balaban J connectivity index is 1.07. The van der Waals surface area contributed by atoms with E-state index in [-0.39, 0.29) is 0 Å². The summed E-state index contributed by atoms with van der Waals surface area (Å²) in [5, 5.41) is 8.97. The molecule has 7 aromatic carbocycles. The van der Waals surface area contributed by atoms with Crippen molar-refractivity contribution in [3.63, 3.8) is 0 Å². The van der Waals surface area contributed by atoms with E-state index in [2.05, 4.69) is 150 Å². The van der Waals surface area contributed by atoms with Gasteiger partial charge in [-0.1, -0.05) is 97.1 Å². The Hall–Kier alpha value is -7.18. The second kappa shape index (κ2) is 11.2. The van der Waals surface area contributed by atoms with E-state index in [1.807, 2.05) is 18.3 Å². The van der Waals surface area contributed by atoms with Gasteiger partial charge in [-0.15, -0.1) is 0 Å². The van der Waals surface area contributed by atoms with Crippen molar-refractivity contribution >= 4 is 65.4 Å². The van der Waals surface area contributed by atoms with E-state index in [0.717, 1.165) is 71.6 Å². The van der Waals surface area contributed by atoms with Crippen LogP contribution in [0.25, 0.3) is 105 Å². The monoisotopic (exact) mass is 665 g/mol.